The molecular weight excluding hydrogens is 216 g/mol. The third-order valence-electron chi connectivity index (χ3n) is 2.79. The SMILES string of the molecule is COc1ccc(C(C)(O)CN)cc1CN(C)C. The summed E-state index contributed by atoms with van der Waals surface area (Å²) in [4.78, 5) is 2.05. The Morgan fingerprint density at radius 2 is 2.06 bits per heavy atom. The van der Waals surface area contributed by atoms with Gasteiger partial charge in [0.2, 0.25) is 0 Å². The maximum atomic E-state index is 10.1. The second-order valence-corrected chi connectivity index (χ2v) is 4.74. The van der Waals surface area contributed by atoms with Crippen molar-refractivity contribution in [2.24, 2.45) is 5.73 Å². The van der Waals surface area contributed by atoms with Crippen LogP contribution in [0.4, 0.5) is 0 Å². The quantitative estimate of drug-likeness (QED) is 0.801. The zero-order valence-electron chi connectivity index (χ0n) is 11.0. The topological polar surface area (TPSA) is 58.7 Å². The van der Waals surface area contributed by atoms with E-state index in [2.05, 4.69) is 4.90 Å². The third kappa shape index (κ3) is 3.43. The number of aliphatic hydroxyl groups is 1. The molecule has 1 aromatic rings. The van der Waals surface area contributed by atoms with E-state index in [-0.39, 0.29) is 6.54 Å². The highest BCUT2D eigenvalue weighted by Gasteiger charge is 2.22. The molecule has 1 unspecified atom stereocenters. The molecule has 4 nitrogen and oxygen atoms in total. The Kier molecular flexibility index (Phi) is 4.51. The molecule has 0 fully saturated rings. The first-order valence-corrected chi connectivity index (χ1v) is 5.65. The lowest BCUT2D eigenvalue weighted by Gasteiger charge is -2.23. The maximum Gasteiger partial charge on any atom is 0.123 e. The number of nitrogens with zero attached hydrogens (tertiary/aromatic N) is 1. The van der Waals surface area contributed by atoms with Gasteiger partial charge in [0, 0.05) is 18.7 Å². The summed E-state index contributed by atoms with van der Waals surface area (Å²) in [7, 11) is 5.63. The lowest BCUT2D eigenvalue weighted by atomic mass is 9.94. The molecular formula is C13H22N2O2. The predicted molar refractivity (Wildman–Crippen MR) is 69.0 cm³/mol. The fourth-order valence-corrected chi connectivity index (χ4v) is 1.70. The van der Waals surface area contributed by atoms with Crippen molar-refractivity contribution in [1.29, 1.82) is 0 Å². The average Bonchev–Trinajstić information content (AvgIpc) is 2.28. The minimum absolute atomic E-state index is 0.195. The van der Waals surface area contributed by atoms with Crippen molar-refractivity contribution in [2.75, 3.05) is 27.7 Å². The molecule has 0 aromatic heterocycles. The van der Waals surface area contributed by atoms with Gasteiger partial charge in [0.05, 0.1) is 12.7 Å². The monoisotopic (exact) mass is 238 g/mol. The molecule has 0 heterocycles. The molecule has 0 aliphatic rings. The van der Waals surface area contributed by atoms with Crippen LogP contribution in [0, 0.1) is 0 Å². The molecule has 0 radical (unpaired) electrons. The first-order valence-electron chi connectivity index (χ1n) is 5.65. The second-order valence-electron chi connectivity index (χ2n) is 4.74. The van der Waals surface area contributed by atoms with Gasteiger partial charge in [-0.3, -0.25) is 0 Å². The van der Waals surface area contributed by atoms with Crippen molar-refractivity contribution in [3.05, 3.63) is 29.3 Å². The lowest BCUT2D eigenvalue weighted by molar-refractivity contribution is 0.0666. The van der Waals surface area contributed by atoms with Crippen LogP contribution in [-0.4, -0.2) is 37.8 Å². The van der Waals surface area contributed by atoms with Crippen LogP contribution in [0.15, 0.2) is 18.2 Å². The molecule has 1 aromatic carbocycles. The van der Waals surface area contributed by atoms with Gasteiger partial charge in [-0.25, -0.2) is 0 Å². The third-order valence-corrected chi connectivity index (χ3v) is 2.79. The van der Waals surface area contributed by atoms with Gasteiger partial charge >= 0.3 is 0 Å². The van der Waals surface area contributed by atoms with Gasteiger partial charge in [-0.2, -0.15) is 0 Å². The van der Waals surface area contributed by atoms with Gasteiger partial charge in [0.15, 0.2) is 0 Å². The molecule has 0 saturated heterocycles. The van der Waals surface area contributed by atoms with E-state index in [1.54, 1.807) is 14.0 Å². The normalized spacial score (nSPS) is 14.8. The summed E-state index contributed by atoms with van der Waals surface area (Å²) in [6.07, 6.45) is 0. The number of rotatable bonds is 5. The van der Waals surface area contributed by atoms with E-state index in [0.717, 1.165) is 23.4 Å². The fourth-order valence-electron chi connectivity index (χ4n) is 1.70. The van der Waals surface area contributed by atoms with Crippen molar-refractivity contribution in [3.63, 3.8) is 0 Å². The van der Waals surface area contributed by atoms with Gasteiger partial charge in [0.25, 0.3) is 0 Å². The largest absolute Gasteiger partial charge is 0.496 e. The predicted octanol–water partition coefficient (Wildman–Crippen LogP) is 0.923. The number of ether oxygens (including phenoxy) is 1. The summed E-state index contributed by atoms with van der Waals surface area (Å²) >= 11 is 0. The summed E-state index contributed by atoms with van der Waals surface area (Å²) in [5.74, 6) is 0.829. The van der Waals surface area contributed by atoms with Crippen molar-refractivity contribution in [3.8, 4) is 5.75 Å². The van der Waals surface area contributed by atoms with Crippen LogP contribution in [0.5, 0.6) is 5.75 Å². The van der Waals surface area contributed by atoms with Gasteiger partial charge in [-0.1, -0.05) is 6.07 Å². The molecule has 0 aliphatic carbocycles. The highest BCUT2D eigenvalue weighted by molar-refractivity contribution is 5.39. The first-order chi connectivity index (χ1) is 7.90. The highest BCUT2D eigenvalue weighted by atomic mass is 16.5. The van der Waals surface area contributed by atoms with Gasteiger partial charge in [-0.05, 0) is 38.7 Å². The Hall–Kier alpha value is -1.10. The number of benzene rings is 1. The molecule has 0 aliphatic heterocycles. The van der Waals surface area contributed by atoms with Crippen LogP contribution in [0.3, 0.4) is 0 Å². The molecule has 0 spiro atoms. The van der Waals surface area contributed by atoms with Crippen molar-refractivity contribution >= 4 is 0 Å². The van der Waals surface area contributed by atoms with Crippen LogP contribution in [0.25, 0.3) is 0 Å². The number of hydrogen-bond acceptors (Lipinski definition) is 4. The van der Waals surface area contributed by atoms with Gasteiger partial charge < -0.3 is 20.5 Å². The molecule has 0 amide bonds. The summed E-state index contributed by atoms with van der Waals surface area (Å²) in [6.45, 7) is 2.67. The summed E-state index contributed by atoms with van der Waals surface area (Å²) in [5.41, 5.74) is 6.44. The Morgan fingerprint density at radius 1 is 1.41 bits per heavy atom. The van der Waals surface area contributed by atoms with Crippen molar-refractivity contribution in [1.82, 2.24) is 4.90 Å². The van der Waals surface area contributed by atoms with Crippen LogP contribution in [0.2, 0.25) is 0 Å². The Morgan fingerprint density at radius 3 is 2.53 bits per heavy atom. The second kappa shape index (κ2) is 5.49. The number of methoxy groups -OCH3 is 1. The average molecular weight is 238 g/mol. The van der Waals surface area contributed by atoms with E-state index >= 15 is 0 Å². The Balaban J connectivity index is 3.12. The van der Waals surface area contributed by atoms with Crippen LogP contribution >= 0.6 is 0 Å². The van der Waals surface area contributed by atoms with E-state index in [0.29, 0.717) is 0 Å². The van der Waals surface area contributed by atoms with Crippen molar-refractivity contribution < 1.29 is 9.84 Å². The Labute approximate surface area is 103 Å². The smallest absolute Gasteiger partial charge is 0.123 e. The van der Waals surface area contributed by atoms with E-state index in [1.807, 2.05) is 32.3 Å². The molecule has 0 bridgehead atoms. The minimum atomic E-state index is -0.993. The number of hydrogen-bond donors (Lipinski definition) is 2. The molecule has 1 rings (SSSR count). The van der Waals surface area contributed by atoms with E-state index < -0.39 is 5.60 Å². The van der Waals surface area contributed by atoms with Crippen LogP contribution < -0.4 is 10.5 Å². The lowest BCUT2D eigenvalue weighted by Crippen LogP contribution is -2.31. The summed E-state index contributed by atoms with van der Waals surface area (Å²) in [5, 5.41) is 10.1. The Bertz CT molecular complexity index is 376. The molecule has 1 atom stereocenters. The van der Waals surface area contributed by atoms with Gasteiger partial charge in [0.1, 0.15) is 5.75 Å². The van der Waals surface area contributed by atoms with Crippen LogP contribution in [-0.2, 0) is 12.1 Å². The molecule has 4 heteroatoms. The first kappa shape index (κ1) is 14.0. The van der Waals surface area contributed by atoms with Crippen LogP contribution in [0.1, 0.15) is 18.1 Å². The highest BCUT2D eigenvalue weighted by Crippen LogP contribution is 2.26. The van der Waals surface area contributed by atoms with Crippen molar-refractivity contribution in [2.45, 2.75) is 19.1 Å². The standard InChI is InChI=1S/C13H22N2O2/c1-13(16,9-14)11-5-6-12(17-4)10(7-11)8-15(2)3/h5-7,16H,8-9,14H2,1-4H3. The fraction of sp³-hybridized carbons (Fsp3) is 0.538. The van der Waals surface area contributed by atoms with Gasteiger partial charge in [-0.15, -0.1) is 0 Å². The zero-order chi connectivity index (χ0) is 13.1. The molecule has 96 valence electrons. The van der Waals surface area contributed by atoms with E-state index in [1.165, 1.54) is 0 Å². The van der Waals surface area contributed by atoms with E-state index in [4.69, 9.17) is 10.5 Å². The summed E-state index contributed by atoms with van der Waals surface area (Å²) < 4.78 is 5.31. The zero-order valence-corrected chi connectivity index (χ0v) is 11.0. The summed E-state index contributed by atoms with van der Waals surface area (Å²) in [6, 6.07) is 5.68. The minimum Gasteiger partial charge on any atom is -0.496 e. The molecule has 17 heavy (non-hydrogen) atoms. The molecule has 0 saturated carbocycles. The van der Waals surface area contributed by atoms with E-state index in [9.17, 15) is 5.11 Å². The number of nitrogens with two attached hydrogens (primary N) is 1. The molecule has 3 N–H and O–H groups in total. The maximum absolute atomic E-state index is 10.1.